The van der Waals surface area contributed by atoms with E-state index in [2.05, 4.69) is 0 Å². The van der Waals surface area contributed by atoms with Gasteiger partial charge in [-0.05, 0) is 61.2 Å². The number of benzene rings is 2. The van der Waals surface area contributed by atoms with Crippen LogP contribution < -0.4 is 0 Å². The highest BCUT2D eigenvalue weighted by atomic mass is 35.5. The minimum atomic E-state index is -3.92. The van der Waals surface area contributed by atoms with E-state index >= 15 is 0 Å². The molecule has 1 fully saturated rings. The molecule has 0 spiro atoms. The third kappa shape index (κ3) is 2.54. The van der Waals surface area contributed by atoms with E-state index in [0.717, 1.165) is 18.2 Å². The third-order valence-corrected chi connectivity index (χ3v) is 7.90. The summed E-state index contributed by atoms with van der Waals surface area (Å²) in [5, 5.41) is 0.416. The Morgan fingerprint density at radius 3 is 2.38 bits per heavy atom. The monoisotopic (exact) mass is 370 g/mol. The van der Waals surface area contributed by atoms with E-state index in [-0.39, 0.29) is 22.8 Å². The fourth-order valence-electron chi connectivity index (χ4n) is 3.74. The summed E-state index contributed by atoms with van der Waals surface area (Å²) in [6.07, 6.45) is 1.55. The van der Waals surface area contributed by atoms with Gasteiger partial charge in [0.1, 0.15) is 16.4 Å². The van der Waals surface area contributed by atoms with Crippen molar-refractivity contribution in [3.63, 3.8) is 0 Å². The fourth-order valence-corrected chi connectivity index (χ4v) is 6.29. The van der Waals surface area contributed by atoms with Crippen LogP contribution in [0, 0.1) is 17.6 Å². The molecule has 3 rings (SSSR count). The SMILES string of the molecule is CC1CCCC1(c1cc(F)ccc1F)S(=O)(=O)c1ccc(Cl)cc1. The van der Waals surface area contributed by atoms with Gasteiger partial charge in [-0.1, -0.05) is 24.9 Å². The van der Waals surface area contributed by atoms with Crippen molar-refractivity contribution in [3.05, 3.63) is 64.7 Å². The van der Waals surface area contributed by atoms with Crippen LogP contribution in [0.2, 0.25) is 5.02 Å². The van der Waals surface area contributed by atoms with Gasteiger partial charge in [0.25, 0.3) is 0 Å². The van der Waals surface area contributed by atoms with Gasteiger partial charge in [-0.3, -0.25) is 0 Å². The molecule has 0 saturated heterocycles. The molecule has 1 aliphatic rings. The molecule has 128 valence electrons. The topological polar surface area (TPSA) is 34.1 Å². The molecule has 0 aliphatic heterocycles. The summed E-state index contributed by atoms with van der Waals surface area (Å²) in [6.45, 7) is 1.78. The minimum Gasteiger partial charge on any atom is -0.223 e. The first kappa shape index (κ1) is 17.4. The first-order valence-electron chi connectivity index (χ1n) is 7.75. The predicted octanol–water partition coefficient (Wildman–Crippen LogP) is 5.11. The zero-order chi connectivity index (χ0) is 17.5. The van der Waals surface area contributed by atoms with Gasteiger partial charge in [-0.15, -0.1) is 0 Å². The van der Waals surface area contributed by atoms with Gasteiger partial charge in [0.15, 0.2) is 9.84 Å². The maximum atomic E-state index is 14.5. The summed E-state index contributed by atoms with van der Waals surface area (Å²) in [7, 11) is -3.92. The third-order valence-electron chi connectivity index (χ3n) is 4.97. The number of hydrogen-bond acceptors (Lipinski definition) is 2. The van der Waals surface area contributed by atoms with Gasteiger partial charge in [0.05, 0.1) is 4.90 Å². The van der Waals surface area contributed by atoms with Gasteiger partial charge in [-0.25, -0.2) is 17.2 Å². The molecular weight excluding hydrogens is 354 g/mol. The summed E-state index contributed by atoms with van der Waals surface area (Å²) in [4.78, 5) is 0.0734. The molecule has 6 heteroatoms. The Bertz CT molecular complexity index is 865. The second-order valence-electron chi connectivity index (χ2n) is 6.26. The summed E-state index contributed by atoms with van der Waals surface area (Å²) in [6, 6.07) is 8.83. The Morgan fingerprint density at radius 1 is 1.12 bits per heavy atom. The fraction of sp³-hybridized carbons (Fsp3) is 0.333. The van der Waals surface area contributed by atoms with Gasteiger partial charge in [-0.2, -0.15) is 0 Å². The Hall–Kier alpha value is -1.46. The van der Waals surface area contributed by atoms with Crippen LogP contribution in [-0.4, -0.2) is 8.42 Å². The van der Waals surface area contributed by atoms with Crippen LogP contribution in [0.25, 0.3) is 0 Å². The van der Waals surface area contributed by atoms with E-state index in [0.29, 0.717) is 17.9 Å². The highest BCUT2D eigenvalue weighted by molar-refractivity contribution is 7.92. The maximum absolute atomic E-state index is 14.5. The van der Waals surface area contributed by atoms with Crippen LogP contribution in [0.1, 0.15) is 31.7 Å². The molecule has 2 unspecified atom stereocenters. The first-order valence-corrected chi connectivity index (χ1v) is 9.61. The Morgan fingerprint density at radius 2 is 1.79 bits per heavy atom. The summed E-state index contributed by atoms with van der Waals surface area (Å²) < 4.78 is 53.6. The summed E-state index contributed by atoms with van der Waals surface area (Å²) in [5.41, 5.74) is -0.0811. The van der Waals surface area contributed by atoms with Gasteiger partial charge < -0.3 is 0 Å². The van der Waals surface area contributed by atoms with Crippen molar-refractivity contribution in [1.29, 1.82) is 0 Å². The number of hydrogen-bond donors (Lipinski definition) is 0. The minimum absolute atomic E-state index is 0.0734. The zero-order valence-electron chi connectivity index (χ0n) is 13.1. The van der Waals surface area contributed by atoms with Crippen molar-refractivity contribution in [3.8, 4) is 0 Å². The molecule has 2 aromatic carbocycles. The van der Waals surface area contributed by atoms with E-state index in [9.17, 15) is 17.2 Å². The molecule has 0 N–H and O–H groups in total. The van der Waals surface area contributed by atoms with Gasteiger partial charge >= 0.3 is 0 Å². The largest absolute Gasteiger partial charge is 0.223 e. The Kier molecular flexibility index (Phi) is 4.43. The molecule has 0 heterocycles. The molecule has 2 atom stereocenters. The Labute approximate surface area is 145 Å². The number of sulfone groups is 1. The van der Waals surface area contributed by atoms with Crippen molar-refractivity contribution >= 4 is 21.4 Å². The van der Waals surface area contributed by atoms with Crippen LogP contribution in [0.15, 0.2) is 47.4 Å². The van der Waals surface area contributed by atoms with Crippen LogP contribution in [0.3, 0.4) is 0 Å². The standard InChI is InChI=1S/C18H17ClF2O2S/c1-12-3-2-10-18(12,16-11-14(20)6-9-17(16)21)24(22,23)15-7-4-13(19)5-8-15/h4-9,11-12H,2-3,10H2,1H3. The second-order valence-corrected chi connectivity index (χ2v) is 8.91. The normalized spacial score (nSPS) is 24.2. The highest BCUT2D eigenvalue weighted by Crippen LogP contribution is 2.52. The molecule has 2 aromatic rings. The van der Waals surface area contributed by atoms with Crippen LogP contribution >= 0.6 is 11.6 Å². The second kappa shape index (κ2) is 6.12. The average Bonchev–Trinajstić information content (AvgIpc) is 2.93. The van der Waals surface area contributed by atoms with Crippen molar-refractivity contribution in [2.24, 2.45) is 5.92 Å². The lowest BCUT2D eigenvalue weighted by molar-refractivity contribution is 0.418. The van der Waals surface area contributed by atoms with E-state index in [1.165, 1.54) is 24.3 Å². The number of halogens is 3. The van der Waals surface area contributed by atoms with Crippen molar-refractivity contribution in [2.75, 3.05) is 0 Å². The van der Waals surface area contributed by atoms with E-state index in [1.54, 1.807) is 6.92 Å². The van der Waals surface area contributed by atoms with Crippen LogP contribution in [-0.2, 0) is 14.6 Å². The summed E-state index contributed by atoms with van der Waals surface area (Å²) in [5.74, 6) is -1.66. The lowest BCUT2D eigenvalue weighted by Gasteiger charge is -2.34. The van der Waals surface area contributed by atoms with Crippen molar-refractivity contribution < 1.29 is 17.2 Å². The van der Waals surface area contributed by atoms with Crippen LogP contribution in [0.4, 0.5) is 8.78 Å². The quantitative estimate of drug-likeness (QED) is 0.752. The van der Waals surface area contributed by atoms with E-state index < -0.39 is 26.2 Å². The molecule has 24 heavy (non-hydrogen) atoms. The highest BCUT2D eigenvalue weighted by Gasteiger charge is 2.54. The average molecular weight is 371 g/mol. The smallest absolute Gasteiger partial charge is 0.188 e. The van der Waals surface area contributed by atoms with Crippen molar-refractivity contribution in [2.45, 2.75) is 35.8 Å². The zero-order valence-corrected chi connectivity index (χ0v) is 14.7. The molecule has 1 aliphatic carbocycles. The predicted molar refractivity (Wildman–Crippen MR) is 89.7 cm³/mol. The molecule has 0 radical (unpaired) electrons. The summed E-state index contributed by atoms with van der Waals surface area (Å²) >= 11 is 5.84. The lowest BCUT2D eigenvalue weighted by atomic mass is 9.88. The lowest BCUT2D eigenvalue weighted by Crippen LogP contribution is -2.39. The van der Waals surface area contributed by atoms with Crippen molar-refractivity contribution in [1.82, 2.24) is 0 Å². The molecule has 0 aromatic heterocycles. The first-order chi connectivity index (χ1) is 11.3. The molecule has 0 amide bonds. The van der Waals surface area contributed by atoms with Gasteiger partial charge in [0.2, 0.25) is 0 Å². The van der Waals surface area contributed by atoms with Crippen LogP contribution in [0.5, 0.6) is 0 Å². The molecular formula is C18H17ClF2O2S. The van der Waals surface area contributed by atoms with E-state index in [1.807, 2.05) is 0 Å². The Balaban J connectivity index is 2.27. The maximum Gasteiger partial charge on any atom is 0.188 e. The molecule has 1 saturated carbocycles. The van der Waals surface area contributed by atoms with E-state index in [4.69, 9.17) is 11.6 Å². The molecule has 2 nitrogen and oxygen atoms in total. The number of rotatable bonds is 3. The molecule has 0 bridgehead atoms. The van der Waals surface area contributed by atoms with Gasteiger partial charge in [0, 0.05) is 10.6 Å².